The maximum atomic E-state index is 12.3. The number of rotatable bonds is 4. The van der Waals surface area contributed by atoms with Crippen LogP contribution in [0.3, 0.4) is 0 Å². The predicted molar refractivity (Wildman–Crippen MR) is 86.5 cm³/mol. The first kappa shape index (κ1) is 14.9. The summed E-state index contributed by atoms with van der Waals surface area (Å²) in [6.07, 6.45) is 5.20. The van der Waals surface area contributed by atoms with Crippen LogP contribution in [0.4, 0.5) is 5.13 Å². The molecule has 3 rings (SSSR count). The summed E-state index contributed by atoms with van der Waals surface area (Å²) in [5, 5.41) is 6.07. The standard InChI is InChI=1S/C15H19N5OS/c16-15-19-13(10-22-15)9-18-12-3-6-20(7-4-12)14(21)11-2-1-5-17-8-11/h1-2,5,8,10,12,18H,3-4,6-7,9H2,(H2,16,19). The van der Waals surface area contributed by atoms with Crippen LogP contribution in [0.5, 0.6) is 0 Å². The van der Waals surface area contributed by atoms with E-state index >= 15 is 0 Å². The highest BCUT2D eigenvalue weighted by Gasteiger charge is 2.23. The summed E-state index contributed by atoms with van der Waals surface area (Å²) in [5.74, 6) is 0.0684. The minimum atomic E-state index is 0.0684. The first-order valence-electron chi connectivity index (χ1n) is 7.35. The zero-order valence-corrected chi connectivity index (χ0v) is 13.1. The van der Waals surface area contributed by atoms with Gasteiger partial charge in [-0.15, -0.1) is 11.3 Å². The van der Waals surface area contributed by atoms with Crippen molar-refractivity contribution < 1.29 is 4.79 Å². The monoisotopic (exact) mass is 317 g/mol. The molecule has 0 spiro atoms. The Labute approximate surface area is 133 Å². The normalized spacial score (nSPS) is 15.9. The second-order valence-electron chi connectivity index (χ2n) is 5.37. The van der Waals surface area contributed by atoms with Gasteiger partial charge in [0.05, 0.1) is 11.3 Å². The lowest BCUT2D eigenvalue weighted by Crippen LogP contribution is -2.44. The van der Waals surface area contributed by atoms with Crippen molar-refractivity contribution in [2.45, 2.75) is 25.4 Å². The first-order valence-corrected chi connectivity index (χ1v) is 8.23. The Bertz CT molecular complexity index is 622. The molecule has 3 heterocycles. The third-order valence-electron chi connectivity index (χ3n) is 3.83. The Morgan fingerprint density at radius 1 is 1.45 bits per heavy atom. The molecule has 0 aliphatic carbocycles. The molecule has 1 amide bonds. The zero-order chi connectivity index (χ0) is 15.4. The zero-order valence-electron chi connectivity index (χ0n) is 12.2. The van der Waals surface area contributed by atoms with Gasteiger partial charge in [0, 0.05) is 43.4 Å². The number of pyridine rings is 1. The van der Waals surface area contributed by atoms with Crippen LogP contribution >= 0.6 is 11.3 Å². The molecular formula is C15H19N5OS. The molecule has 0 aromatic carbocycles. The Kier molecular flexibility index (Phi) is 4.65. The number of aromatic nitrogens is 2. The number of thiazole rings is 1. The quantitative estimate of drug-likeness (QED) is 0.893. The maximum Gasteiger partial charge on any atom is 0.255 e. The average Bonchev–Trinajstić information content (AvgIpc) is 2.99. The fourth-order valence-corrected chi connectivity index (χ4v) is 3.17. The topological polar surface area (TPSA) is 84.1 Å². The Morgan fingerprint density at radius 2 is 2.27 bits per heavy atom. The molecule has 22 heavy (non-hydrogen) atoms. The third kappa shape index (κ3) is 3.61. The molecule has 7 heteroatoms. The second kappa shape index (κ2) is 6.85. The number of piperidine rings is 1. The van der Waals surface area contributed by atoms with Crippen molar-refractivity contribution in [3.63, 3.8) is 0 Å². The van der Waals surface area contributed by atoms with Gasteiger partial charge in [-0.3, -0.25) is 9.78 Å². The van der Waals surface area contributed by atoms with Crippen LogP contribution in [0.25, 0.3) is 0 Å². The van der Waals surface area contributed by atoms with E-state index < -0.39 is 0 Å². The number of nitrogens with one attached hydrogen (secondary N) is 1. The minimum absolute atomic E-state index is 0.0684. The molecule has 0 saturated carbocycles. The van der Waals surface area contributed by atoms with Crippen LogP contribution in [0.2, 0.25) is 0 Å². The number of nitrogens with two attached hydrogens (primary N) is 1. The molecule has 0 radical (unpaired) electrons. The highest BCUT2D eigenvalue weighted by Crippen LogP contribution is 2.15. The molecular weight excluding hydrogens is 298 g/mol. The van der Waals surface area contributed by atoms with Crippen LogP contribution in [0.15, 0.2) is 29.9 Å². The third-order valence-corrected chi connectivity index (χ3v) is 4.55. The molecule has 1 aliphatic heterocycles. The predicted octanol–water partition coefficient (Wildman–Crippen LogP) is 1.51. The summed E-state index contributed by atoms with van der Waals surface area (Å²) in [5.41, 5.74) is 7.27. The molecule has 6 nitrogen and oxygen atoms in total. The maximum absolute atomic E-state index is 12.3. The molecule has 116 valence electrons. The molecule has 1 saturated heterocycles. The van der Waals surface area contributed by atoms with E-state index in [0.29, 0.717) is 16.7 Å². The van der Waals surface area contributed by atoms with E-state index in [4.69, 9.17) is 5.73 Å². The van der Waals surface area contributed by atoms with Gasteiger partial charge < -0.3 is 16.0 Å². The Balaban J connectivity index is 1.47. The van der Waals surface area contributed by atoms with Gasteiger partial charge in [-0.1, -0.05) is 0 Å². The molecule has 0 unspecified atom stereocenters. The number of carbonyl (C=O) groups excluding carboxylic acids is 1. The second-order valence-corrected chi connectivity index (χ2v) is 6.26. The van der Waals surface area contributed by atoms with E-state index in [1.807, 2.05) is 16.3 Å². The van der Waals surface area contributed by atoms with Crippen molar-refractivity contribution in [3.8, 4) is 0 Å². The lowest BCUT2D eigenvalue weighted by atomic mass is 10.0. The number of likely N-dealkylation sites (tertiary alicyclic amines) is 1. The molecule has 1 aliphatic rings. The van der Waals surface area contributed by atoms with Crippen LogP contribution < -0.4 is 11.1 Å². The molecule has 3 N–H and O–H groups in total. The van der Waals surface area contributed by atoms with Crippen molar-refractivity contribution in [3.05, 3.63) is 41.2 Å². The number of carbonyl (C=O) groups is 1. The van der Waals surface area contributed by atoms with Gasteiger partial charge in [0.2, 0.25) is 0 Å². The van der Waals surface area contributed by atoms with Gasteiger partial charge >= 0.3 is 0 Å². The van der Waals surface area contributed by atoms with Crippen LogP contribution in [0, 0.1) is 0 Å². The summed E-state index contributed by atoms with van der Waals surface area (Å²) in [7, 11) is 0. The Hall–Kier alpha value is -1.99. The van der Waals surface area contributed by atoms with Gasteiger partial charge in [-0.25, -0.2) is 4.98 Å². The van der Waals surface area contributed by atoms with E-state index in [0.717, 1.165) is 38.2 Å². The van der Waals surface area contributed by atoms with Crippen LogP contribution in [-0.2, 0) is 6.54 Å². The summed E-state index contributed by atoms with van der Waals surface area (Å²) >= 11 is 1.46. The smallest absolute Gasteiger partial charge is 0.255 e. The largest absolute Gasteiger partial charge is 0.375 e. The van der Waals surface area contributed by atoms with Crippen molar-refractivity contribution in [1.82, 2.24) is 20.2 Å². The molecule has 2 aromatic rings. The average molecular weight is 317 g/mol. The van der Waals surface area contributed by atoms with Gasteiger partial charge in [-0.05, 0) is 25.0 Å². The highest BCUT2D eigenvalue weighted by molar-refractivity contribution is 7.13. The molecule has 2 aromatic heterocycles. The van der Waals surface area contributed by atoms with Gasteiger partial charge in [0.25, 0.3) is 5.91 Å². The van der Waals surface area contributed by atoms with Crippen LogP contribution in [-0.4, -0.2) is 39.9 Å². The van der Waals surface area contributed by atoms with E-state index in [1.165, 1.54) is 11.3 Å². The number of amides is 1. The van der Waals surface area contributed by atoms with Crippen molar-refractivity contribution >= 4 is 22.4 Å². The number of hydrogen-bond donors (Lipinski definition) is 2. The lowest BCUT2D eigenvalue weighted by Gasteiger charge is -2.32. The van der Waals surface area contributed by atoms with Gasteiger partial charge in [0.1, 0.15) is 0 Å². The number of anilines is 1. The van der Waals surface area contributed by atoms with Gasteiger partial charge in [0.15, 0.2) is 5.13 Å². The Morgan fingerprint density at radius 3 is 2.91 bits per heavy atom. The van der Waals surface area contributed by atoms with Crippen molar-refractivity contribution in [2.24, 2.45) is 0 Å². The lowest BCUT2D eigenvalue weighted by molar-refractivity contribution is 0.0704. The fraction of sp³-hybridized carbons (Fsp3) is 0.400. The summed E-state index contributed by atoms with van der Waals surface area (Å²) < 4.78 is 0. The van der Waals surface area contributed by atoms with E-state index in [1.54, 1.807) is 18.5 Å². The van der Waals surface area contributed by atoms with E-state index in [2.05, 4.69) is 15.3 Å². The van der Waals surface area contributed by atoms with Gasteiger partial charge in [-0.2, -0.15) is 0 Å². The fourth-order valence-electron chi connectivity index (χ4n) is 2.61. The number of hydrogen-bond acceptors (Lipinski definition) is 6. The van der Waals surface area contributed by atoms with Crippen LogP contribution in [0.1, 0.15) is 28.9 Å². The van der Waals surface area contributed by atoms with Crippen molar-refractivity contribution in [1.29, 1.82) is 0 Å². The summed E-state index contributed by atoms with van der Waals surface area (Å²) in [6.45, 7) is 2.27. The highest BCUT2D eigenvalue weighted by atomic mass is 32.1. The molecule has 0 atom stereocenters. The summed E-state index contributed by atoms with van der Waals surface area (Å²) in [4.78, 5) is 22.5. The van der Waals surface area contributed by atoms with E-state index in [9.17, 15) is 4.79 Å². The molecule has 1 fully saturated rings. The minimum Gasteiger partial charge on any atom is -0.375 e. The number of nitrogens with zero attached hydrogens (tertiary/aromatic N) is 3. The SMILES string of the molecule is Nc1nc(CNC2CCN(C(=O)c3cccnc3)CC2)cs1. The first-order chi connectivity index (χ1) is 10.7. The van der Waals surface area contributed by atoms with E-state index in [-0.39, 0.29) is 5.91 Å². The summed E-state index contributed by atoms with van der Waals surface area (Å²) in [6, 6.07) is 4.02. The van der Waals surface area contributed by atoms with Crippen molar-refractivity contribution in [2.75, 3.05) is 18.8 Å². The number of nitrogen functional groups attached to an aromatic ring is 1. The molecule has 0 bridgehead atoms.